The lowest BCUT2D eigenvalue weighted by atomic mass is 10.2. The van der Waals surface area contributed by atoms with Crippen LogP contribution in [0.5, 0.6) is 0 Å². The summed E-state index contributed by atoms with van der Waals surface area (Å²) >= 11 is 0. The number of hydrogen-bond acceptors (Lipinski definition) is 4. The molecule has 20 heavy (non-hydrogen) atoms. The van der Waals surface area contributed by atoms with Crippen LogP contribution in [0.15, 0.2) is 24.3 Å². The van der Waals surface area contributed by atoms with Crippen molar-refractivity contribution in [2.24, 2.45) is 0 Å². The molecule has 1 unspecified atom stereocenters. The summed E-state index contributed by atoms with van der Waals surface area (Å²) in [5.41, 5.74) is 0.890. The van der Waals surface area contributed by atoms with Crippen LogP contribution in [0.4, 0.5) is 10.1 Å². The molecule has 1 aromatic rings. The summed E-state index contributed by atoms with van der Waals surface area (Å²) in [6.07, 6.45) is 0.941. The zero-order valence-corrected chi connectivity index (χ0v) is 12.4. The van der Waals surface area contributed by atoms with E-state index in [1.54, 1.807) is 12.1 Å². The maximum absolute atomic E-state index is 13.0. The van der Waals surface area contributed by atoms with Crippen LogP contribution < -0.4 is 10.2 Å². The second-order valence-corrected chi connectivity index (χ2v) is 4.54. The van der Waals surface area contributed by atoms with E-state index in [1.807, 2.05) is 18.7 Å². The lowest BCUT2D eigenvalue weighted by molar-refractivity contribution is -0.142. The molecular weight excluding hydrogens is 259 g/mol. The molecule has 0 aliphatic rings. The molecular formula is C15H23FN2O2. The van der Waals surface area contributed by atoms with Gasteiger partial charge in [-0.15, -0.1) is 0 Å². The molecule has 0 fully saturated rings. The average molecular weight is 282 g/mol. The van der Waals surface area contributed by atoms with E-state index in [2.05, 4.69) is 5.32 Å². The molecule has 1 N–H and O–H groups in total. The maximum Gasteiger partial charge on any atom is 0.324 e. The molecule has 0 amide bonds. The number of nitrogens with zero attached hydrogens (tertiary/aromatic N) is 1. The second kappa shape index (κ2) is 8.53. The molecule has 1 atom stereocenters. The number of esters is 1. The molecule has 1 aromatic carbocycles. The molecule has 0 aromatic heterocycles. The van der Waals surface area contributed by atoms with Crippen LogP contribution in [0.3, 0.4) is 0 Å². The Morgan fingerprint density at radius 2 is 2.00 bits per heavy atom. The molecule has 0 bridgehead atoms. The Balaban J connectivity index is 2.76. The first-order valence-electron chi connectivity index (χ1n) is 6.94. The van der Waals surface area contributed by atoms with Gasteiger partial charge in [0.1, 0.15) is 11.9 Å². The van der Waals surface area contributed by atoms with Gasteiger partial charge in [0.05, 0.1) is 7.11 Å². The smallest absolute Gasteiger partial charge is 0.324 e. The van der Waals surface area contributed by atoms with Gasteiger partial charge < -0.3 is 15.0 Å². The normalized spacial score (nSPS) is 12.0. The SMILES string of the molecule is CCCNC(CN(CC)c1ccc(F)cc1)C(=O)OC. The standard InChI is InChI=1S/C15H23FN2O2/c1-4-10-17-14(15(19)20-3)11-18(5-2)13-8-6-12(16)7-9-13/h6-9,14,17H,4-5,10-11H2,1-3H3. The third kappa shape index (κ3) is 4.81. The van der Waals surface area contributed by atoms with Crippen molar-refractivity contribution < 1.29 is 13.9 Å². The van der Waals surface area contributed by atoms with Gasteiger partial charge in [-0.05, 0) is 44.2 Å². The number of hydrogen-bond donors (Lipinski definition) is 1. The molecule has 5 heteroatoms. The van der Waals surface area contributed by atoms with Crippen molar-refractivity contribution in [1.82, 2.24) is 5.32 Å². The highest BCUT2D eigenvalue weighted by Gasteiger charge is 2.21. The minimum Gasteiger partial charge on any atom is -0.468 e. The molecule has 0 aliphatic carbocycles. The first-order chi connectivity index (χ1) is 9.62. The summed E-state index contributed by atoms with van der Waals surface area (Å²) < 4.78 is 17.8. The molecule has 0 spiro atoms. The van der Waals surface area contributed by atoms with E-state index in [-0.39, 0.29) is 17.8 Å². The molecule has 0 saturated heterocycles. The minimum absolute atomic E-state index is 0.265. The fourth-order valence-corrected chi connectivity index (χ4v) is 1.97. The number of rotatable bonds is 8. The Kier molecular flexibility index (Phi) is 7.01. The van der Waals surface area contributed by atoms with Gasteiger partial charge in [-0.1, -0.05) is 6.92 Å². The molecule has 0 heterocycles. The number of benzene rings is 1. The number of nitrogens with one attached hydrogen (secondary N) is 1. The Morgan fingerprint density at radius 1 is 1.35 bits per heavy atom. The van der Waals surface area contributed by atoms with Crippen molar-refractivity contribution in [3.05, 3.63) is 30.1 Å². The van der Waals surface area contributed by atoms with E-state index in [4.69, 9.17) is 4.74 Å². The first-order valence-corrected chi connectivity index (χ1v) is 6.94. The molecule has 4 nitrogen and oxygen atoms in total. The Morgan fingerprint density at radius 3 is 2.50 bits per heavy atom. The van der Waals surface area contributed by atoms with E-state index in [0.717, 1.165) is 25.2 Å². The lowest BCUT2D eigenvalue weighted by Gasteiger charge is -2.27. The summed E-state index contributed by atoms with van der Waals surface area (Å²) in [5.74, 6) is -0.544. The van der Waals surface area contributed by atoms with Crippen molar-refractivity contribution >= 4 is 11.7 Å². The van der Waals surface area contributed by atoms with Crippen LogP contribution in [-0.4, -0.2) is 38.8 Å². The number of methoxy groups -OCH3 is 1. The zero-order valence-electron chi connectivity index (χ0n) is 12.4. The lowest BCUT2D eigenvalue weighted by Crippen LogP contribution is -2.47. The van der Waals surface area contributed by atoms with Gasteiger partial charge in [-0.3, -0.25) is 4.79 Å². The van der Waals surface area contributed by atoms with Gasteiger partial charge >= 0.3 is 5.97 Å². The molecule has 0 radical (unpaired) electrons. The molecule has 0 aliphatic heterocycles. The van der Waals surface area contributed by atoms with E-state index < -0.39 is 0 Å². The monoisotopic (exact) mass is 282 g/mol. The van der Waals surface area contributed by atoms with Crippen LogP contribution in [0.1, 0.15) is 20.3 Å². The number of likely N-dealkylation sites (N-methyl/N-ethyl adjacent to an activating group) is 1. The van der Waals surface area contributed by atoms with Crippen molar-refractivity contribution in [2.75, 3.05) is 31.6 Å². The van der Waals surface area contributed by atoms with E-state index in [9.17, 15) is 9.18 Å². The first kappa shape index (κ1) is 16.4. The van der Waals surface area contributed by atoms with Crippen molar-refractivity contribution in [2.45, 2.75) is 26.3 Å². The van der Waals surface area contributed by atoms with Gasteiger partial charge in [0.15, 0.2) is 0 Å². The van der Waals surface area contributed by atoms with E-state index >= 15 is 0 Å². The highest BCUT2D eigenvalue weighted by atomic mass is 19.1. The number of anilines is 1. The Hall–Kier alpha value is -1.62. The molecule has 0 saturated carbocycles. The number of ether oxygens (including phenoxy) is 1. The van der Waals surface area contributed by atoms with Crippen molar-refractivity contribution in [3.8, 4) is 0 Å². The number of carbonyl (C=O) groups is 1. The summed E-state index contributed by atoms with van der Waals surface area (Å²) in [5, 5.41) is 3.18. The summed E-state index contributed by atoms with van der Waals surface area (Å²) in [6.45, 7) is 6.01. The quantitative estimate of drug-likeness (QED) is 0.742. The average Bonchev–Trinajstić information content (AvgIpc) is 2.48. The summed E-state index contributed by atoms with van der Waals surface area (Å²) in [4.78, 5) is 13.8. The Bertz CT molecular complexity index is 409. The van der Waals surface area contributed by atoms with Crippen LogP contribution in [0, 0.1) is 5.82 Å². The van der Waals surface area contributed by atoms with Gasteiger partial charge in [-0.25, -0.2) is 4.39 Å². The van der Waals surface area contributed by atoms with Crippen LogP contribution >= 0.6 is 0 Å². The molecule has 112 valence electrons. The maximum atomic E-state index is 13.0. The fraction of sp³-hybridized carbons (Fsp3) is 0.533. The van der Waals surface area contributed by atoms with Crippen molar-refractivity contribution in [3.63, 3.8) is 0 Å². The van der Waals surface area contributed by atoms with Gasteiger partial charge in [0.25, 0.3) is 0 Å². The fourth-order valence-electron chi connectivity index (χ4n) is 1.97. The highest BCUT2D eigenvalue weighted by Crippen LogP contribution is 2.15. The highest BCUT2D eigenvalue weighted by molar-refractivity contribution is 5.76. The Labute approximate surface area is 119 Å². The number of carbonyl (C=O) groups excluding carboxylic acids is 1. The largest absolute Gasteiger partial charge is 0.468 e. The van der Waals surface area contributed by atoms with Crippen molar-refractivity contribution in [1.29, 1.82) is 0 Å². The zero-order chi connectivity index (χ0) is 15.0. The van der Waals surface area contributed by atoms with Crippen LogP contribution in [-0.2, 0) is 9.53 Å². The summed E-state index contributed by atoms with van der Waals surface area (Å²) in [7, 11) is 1.39. The van der Waals surface area contributed by atoms with Gasteiger partial charge in [-0.2, -0.15) is 0 Å². The third-order valence-corrected chi connectivity index (χ3v) is 3.10. The van der Waals surface area contributed by atoms with E-state index in [1.165, 1.54) is 19.2 Å². The van der Waals surface area contributed by atoms with Crippen LogP contribution in [0.25, 0.3) is 0 Å². The minimum atomic E-state index is -0.384. The topological polar surface area (TPSA) is 41.6 Å². The summed E-state index contributed by atoms with van der Waals surface area (Å²) in [6, 6.07) is 5.89. The van der Waals surface area contributed by atoms with E-state index in [0.29, 0.717) is 6.54 Å². The number of halogens is 1. The van der Waals surface area contributed by atoms with Gasteiger partial charge in [0.2, 0.25) is 0 Å². The van der Waals surface area contributed by atoms with Crippen LogP contribution in [0.2, 0.25) is 0 Å². The predicted octanol–water partition coefficient (Wildman–Crippen LogP) is 2.19. The van der Waals surface area contributed by atoms with Gasteiger partial charge in [0, 0.05) is 18.8 Å². The second-order valence-electron chi connectivity index (χ2n) is 4.54. The molecule has 1 rings (SSSR count). The third-order valence-electron chi connectivity index (χ3n) is 3.10. The predicted molar refractivity (Wildman–Crippen MR) is 78.4 cm³/mol.